The van der Waals surface area contributed by atoms with Crippen molar-refractivity contribution in [3.63, 3.8) is 0 Å². The highest BCUT2D eigenvalue weighted by Crippen LogP contribution is 1.90. The van der Waals surface area contributed by atoms with Crippen LogP contribution in [0.25, 0.3) is 0 Å². The van der Waals surface area contributed by atoms with E-state index in [-0.39, 0.29) is 6.61 Å². The largest absolute Gasteiger partial charge is 0.212 e. The first-order valence-electron chi connectivity index (χ1n) is 1.83. The molecule has 42 valence electrons. The van der Waals surface area contributed by atoms with Crippen LogP contribution in [0.1, 0.15) is 6.92 Å². The van der Waals surface area contributed by atoms with Crippen LogP contribution in [0.2, 0.25) is 0 Å². The Balaban J connectivity index is 3.08. The zero-order chi connectivity index (χ0) is 5.70. The SMILES string of the molecule is C/C(F)=C/COF. The fourth-order valence-corrected chi connectivity index (χ4v) is 0.146. The molecule has 0 aliphatic rings. The predicted octanol–water partition coefficient (Wildman–Crippen LogP) is 1.76. The van der Waals surface area contributed by atoms with Crippen LogP contribution in [0.5, 0.6) is 0 Å². The molecule has 0 aliphatic heterocycles. The van der Waals surface area contributed by atoms with Gasteiger partial charge in [0, 0.05) is 0 Å². The van der Waals surface area contributed by atoms with Gasteiger partial charge in [0.2, 0.25) is 0 Å². The molecular formula is C4H6F2O. The van der Waals surface area contributed by atoms with Gasteiger partial charge in [0.25, 0.3) is 0 Å². The molecular weight excluding hydrogens is 102 g/mol. The molecule has 0 fully saturated rings. The van der Waals surface area contributed by atoms with Gasteiger partial charge in [0.15, 0.2) is 0 Å². The zero-order valence-corrected chi connectivity index (χ0v) is 3.95. The van der Waals surface area contributed by atoms with Gasteiger partial charge in [-0.25, -0.2) is 4.39 Å². The van der Waals surface area contributed by atoms with Crippen LogP contribution in [0.15, 0.2) is 11.9 Å². The van der Waals surface area contributed by atoms with Crippen molar-refractivity contribution in [1.82, 2.24) is 0 Å². The van der Waals surface area contributed by atoms with E-state index in [2.05, 4.69) is 4.94 Å². The van der Waals surface area contributed by atoms with Crippen molar-refractivity contribution in [1.29, 1.82) is 0 Å². The van der Waals surface area contributed by atoms with Crippen molar-refractivity contribution >= 4 is 0 Å². The van der Waals surface area contributed by atoms with Crippen molar-refractivity contribution in [3.8, 4) is 0 Å². The van der Waals surface area contributed by atoms with Gasteiger partial charge in [-0.05, 0) is 17.5 Å². The molecule has 0 saturated carbocycles. The lowest BCUT2D eigenvalue weighted by Crippen LogP contribution is -1.75. The smallest absolute Gasteiger partial charge is 0.108 e. The molecule has 1 nitrogen and oxygen atoms in total. The van der Waals surface area contributed by atoms with Crippen LogP contribution in [0.3, 0.4) is 0 Å². The third-order valence-corrected chi connectivity index (χ3v) is 0.428. The minimum Gasteiger partial charge on any atom is -0.212 e. The summed E-state index contributed by atoms with van der Waals surface area (Å²) in [5, 5.41) is 0. The van der Waals surface area contributed by atoms with Gasteiger partial charge in [0.05, 0.1) is 5.83 Å². The van der Waals surface area contributed by atoms with Crippen LogP contribution < -0.4 is 0 Å². The molecule has 0 heterocycles. The van der Waals surface area contributed by atoms with E-state index < -0.39 is 5.83 Å². The van der Waals surface area contributed by atoms with E-state index in [0.29, 0.717) is 0 Å². The molecule has 0 radical (unpaired) electrons. The summed E-state index contributed by atoms with van der Waals surface area (Å²) in [6.07, 6.45) is 1.00. The fourth-order valence-electron chi connectivity index (χ4n) is 0.146. The second-order valence-corrected chi connectivity index (χ2v) is 1.07. The molecule has 7 heavy (non-hydrogen) atoms. The third-order valence-electron chi connectivity index (χ3n) is 0.428. The summed E-state index contributed by atoms with van der Waals surface area (Å²) < 4.78 is 22.1. The molecule has 0 aromatic heterocycles. The molecule has 0 bridgehead atoms. The Labute approximate surface area is 40.5 Å². The molecule has 0 amide bonds. The maximum absolute atomic E-state index is 11.5. The Hall–Kier alpha value is -0.440. The summed E-state index contributed by atoms with van der Waals surface area (Å²) in [6.45, 7) is 0.918. The van der Waals surface area contributed by atoms with E-state index in [0.717, 1.165) is 6.08 Å². The summed E-state index contributed by atoms with van der Waals surface area (Å²) in [7, 11) is 0. The van der Waals surface area contributed by atoms with Gasteiger partial charge in [0.1, 0.15) is 6.61 Å². The van der Waals surface area contributed by atoms with E-state index in [1.54, 1.807) is 0 Å². The molecule has 0 atom stereocenters. The molecule has 0 aliphatic carbocycles. The van der Waals surface area contributed by atoms with Gasteiger partial charge in [-0.3, -0.25) is 0 Å². The lowest BCUT2D eigenvalue weighted by molar-refractivity contribution is -0.118. The van der Waals surface area contributed by atoms with Gasteiger partial charge in [-0.1, -0.05) is 0 Å². The highest BCUT2D eigenvalue weighted by molar-refractivity contribution is 4.85. The summed E-state index contributed by atoms with van der Waals surface area (Å²) in [5.74, 6) is -0.433. The lowest BCUT2D eigenvalue weighted by atomic mass is 10.5. The van der Waals surface area contributed by atoms with Gasteiger partial charge in [-0.2, -0.15) is 4.94 Å². The molecule has 0 aromatic rings. The topological polar surface area (TPSA) is 9.23 Å². The number of rotatable bonds is 2. The van der Waals surface area contributed by atoms with Crippen LogP contribution >= 0.6 is 0 Å². The zero-order valence-electron chi connectivity index (χ0n) is 3.95. The average molecular weight is 108 g/mol. The third kappa shape index (κ3) is 5.56. The monoisotopic (exact) mass is 108 g/mol. The van der Waals surface area contributed by atoms with Gasteiger partial charge in [-0.15, -0.1) is 0 Å². The average Bonchev–Trinajstić information content (AvgIpc) is 1.61. The minimum absolute atomic E-state index is 0.303. The molecule has 0 rings (SSSR count). The number of hydrogen-bond donors (Lipinski definition) is 0. The van der Waals surface area contributed by atoms with E-state index in [1.165, 1.54) is 6.92 Å². The van der Waals surface area contributed by atoms with Crippen molar-refractivity contribution in [2.75, 3.05) is 6.61 Å². The van der Waals surface area contributed by atoms with Crippen LogP contribution in [0, 0.1) is 0 Å². The molecule has 0 aromatic carbocycles. The molecule has 0 unspecified atom stereocenters. The second-order valence-electron chi connectivity index (χ2n) is 1.07. The normalized spacial score (nSPS) is 12.1. The maximum atomic E-state index is 11.5. The fraction of sp³-hybridized carbons (Fsp3) is 0.500. The quantitative estimate of drug-likeness (QED) is 0.523. The molecule has 3 heteroatoms. The van der Waals surface area contributed by atoms with Crippen LogP contribution in [-0.4, -0.2) is 6.61 Å². The molecule has 0 N–H and O–H groups in total. The summed E-state index contributed by atoms with van der Waals surface area (Å²) >= 11 is 0. The van der Waals surface area contributed by atoms with E-state index in [4.69, 9.17) is 0 Å². The highest BCUT2D eigenvalue weighted by atomic mass is 19.3. The summed E-state index contributed by atoms with van der Waals surface area (Å²) in [6, 6.07) is 0. The lowest BCUT2D eigenvalue weighted by Gasteiger charge is -1.80. The number of halogens is 2. The Morgan fingerprint density at radius 1 is 1.86 bits per heavy atom. The van der Waals surface area contributed by atoms with E-state index in [9.17, 15) is 8.92 Å². The first-order chi connectivity index (χ1) is 3.27. The van der Waals surface area contributed by atoms with Crippen LogP contribution in [-0.2, 0) is 4.94 Å². The Bertz CT molecular complexity index is 66.1. The number of hydrogen-bond acceptors (Lipinski definition) is 1. The van der Waals surface area contributed by atoms with Gasteiger partial charge >= 0.3 is 0 Å². The minimum atomic E-state index is -0.433. The molecule has 0 saturated heterocycles. The maximum Gasteiger partial charge on any atom is 0.108 e. The van der Waals surface area contributed by atoms with Crippen LogP contribution in [0.4, 0.5) is 8.92 Å². The Kier molecular flexibility index (Phi) is 3.50. The highest BCUT2D eigenvalue weighted by Gasteiger charge is 1.79. The summed E-state index contributed by atoms with van der Waals surface area (Å²) in [4.78, 5) is 3.04. The first kappa shape index (κ1) is 6.56. The Morgan fingerprint density at radius 3 is 2.57 bits per heavy atom. The van der Waals surface area contributed by atoms with Crippen molar-refractivity contribution in [2.45, 2.75) is 6.92 Å². The van der Waals surface area contributed by atoms with Crippen molar-refractivity contribution in [3.05, 3.63) is 11.9 Å². The van der Waals surface area contributed by atoms with E-state index in [1.807, 2.05) is 0 Å². The van der Waals surface area contributed by atoms with E-state index >= 15 is 0 Å². The van der Waals surface area contributed by atoms with Crippen molar-refractivity contribution < 1.29 is 13.9 Å². The Morgan fingerprint density at radius 2 is 2.43 bits per heavy atom. The predicted molar refractivity (Wildman–Crippen MR) is 21.9 cm³/mol. The second kappa shape index (κ2) is 3.74. The molecule has 0 spiro atoms. The number of allylic oxidation sites excluding steroid dienone is 1. The first-order valence-corrected chi connectivity index (χ1v) is 1.83. The van der Waals surface area contributed by atoms with Gasteiger partial charge < -0.3 is 0 Å². The van der Waals surface area contributed by atoms with Crippen molar-refractivity contribution in [2.24, 2.45) is 0 Å². The summed E-state index contributed by atoms with van der Waals surface area (Å²) in [5.41, 5.74) is 0. The standard InChI is InChI=1S/C4H6F2O/c1-4(5)2-3-7-6/h2H,3H2,1H3/b4-2-.